The molecule has 5 atom stereocenters. The number of hydrogen-bond acceptors (Lipinski definition) is 3. The van der Waals surface area contributed by atoms with Crippen LogP contribution in [0, 0.1) is 29.1 Å². The lowest BCUT2D eigenvalue weighted by atomic mass is 9.67. The van der Waals surface area contributed by atoms with Crippen molar-refractivity contribution in [1.29, 1.82) is 0 Å². The maximum atomic E-state index is 14.0. The molecule has 0 N–H and O–H groups in total. The first-order valence-corrected chi connectivity index (χ1v) is 16.8. The van der Waals surface area contributed by atoms with E-state index >= 15 is 0 Å². The number of fused-ring (bicyclic) bond motifs is 4. The van der Waals surface area contributed by atoms with E-state index in [2.05, 4.69) is 75.7 Å². The molecule has 1 aliphatic heterocycles. The highest BCUT2D eigenvalue weighted by Crippen LogP contribution is 2.88. The van der Waals surface area contributed by atoms with Crippen LogP contribution in [-0.4, -0.2) is 44.6 Å². The molecule has 4 saturated carbocycles. The molecule has 6 heteroatoms. The van der Waals surface area contributed by atoms with E-state index in [0.29, 0.717) is 28.7 Å². The Morgan fingerprint density at radius 3 is 2.69 bits per heavy atom. The predicted octanol–water partition coefficient (Wildman–Crippen LogP) is 7.19. The van der Waals surface area contributed by atoms with Crippen LogP contribution in [0.5, 0.6) is 5.75 Å². The smallest absolute Gasteiger partial charge is 0.254 e. The van der Waals surface area contributed by atoms with Crippen molar-refractivity contribution in [2.75, 3.05) is 13.7 Å². The van der Waals surface area contributed by atoms with Crippen molar-refractivity contribution in [3.8, 4) is 17.3 Å². The van der Waals surface area contributed by atoms with Crippen molar-refractivity contribution < 1.29 is 9.53 Å². The van der Waals surface area contributed by atoms with Crippen molar-refractivity contribution >= 4 is 39.5 Å². The molecule has 2 aromatic heterocycles. The van der Waals surface area contributed by atoms with Crippen LogP contribution in [-0.2, 0) is 20.0 Å². The van der Waals surface area contributed by atoms with Gasteiger partial charge in [0.2, 0.25) is 0 Å². The molecule has 224 valence electrons. The molecule has 4 unspecified atom stereocenters. The van der Waals surface area contributed by atoms with Gasteiger partial charge < -0.3 is 18.8 Å². The Morgan fingerprint density at radius 2 is 1.91 bits per heavy atom. The van der Waals surface area contributed by atoms with Gasteiger partial charge in [-0.05, 0) is 108 Å². The summed E-state index contributed by atoms with van der Waals surface area (Å²) in [7, 11) is 3.79. The van der Waals surface area contributed by atoms with Crippen LogP contribution in [0.4, 0.5) is 0 Å². The number of rotatable bonds is 6. The highest BCUT2D eigenvalue weighted by molar-refractivity contribution is 6.01. The number of amides is 1. The monoisotopic (exact) mass is 592 g/mol. The Bertz CT molecular complexity index is 2180. The number of ether oxygens (including phenoxy) is 1. The molecule has 6 nitrogen and oxygen atoms in total. The fourth-order valence-electron chi connectivity index (χ4n) is 10.4. The van der Waals surface area contributed by atoms with E-state index in [4.69, 9.17) is 9.72 Å². The van der Waals surface area contributed by atoms with Gasteiger partial charge in [0.25, 0.3) is 5.91 Å². The van der Waals surface area contributed by atoms with Crippen LogP contribution in [0.15, 0.2) is 60.7 Å². The second-order valence-electron chi connectivity index (χ2n) is 14.8. The molecule has 1 spiro atoms. The molecule has 6 aliphatic rings. The number of benzene rings is 3. The number of allylic oxidation sites excluding steroid dienone is 1. The number of nitrogens with zero attached hydrogens (tertiary/aromatic N) is 4. The second kappa shape index (κ2) is 8.28. The average molecular weight is 593 g/mol. The molecule has 5 aromatic rings. The number of imidazole rings is 1. The molecule has 5 fully saturated rings. The van der Waals surface area contributed by atoms with Gasteiger partial charge in [-0.15, -0.1) is 0 Å². The molecule has 0 radical (unpaired) electrons. The van der Waals surface area contributed by atoms with Crippen LogP contribution in [0.3, 0.4) is 0 Å². The summed E-state index contributed by atoms with van der Waals surface area (Å²) in [6, 6.07) is 22.4. The number of carbonyl (C=O) groups is 1. The molecule has 3 heterocycles. The third kappa shape index (κ3) is 3.11. The third-order valence-electron chi connectivity index (χ3n) is 12.8. The molecule has 11 rings (SSSR count). The Balaban J connectivity index is 1.00. The van der Waals surface area contributed by atoms with E-state index < -0.39 is 0 Å². The highest BCUT2D eigenvalue weighted by Gasteiger charge is 2.88. The van der Waals surface area contributed by atoms with Gasteiger partial charge in [0.15, 0.2) is 5.82 Å². The van der Waals surface area contributed by atoms with Gasteiger partial charge in [-0.1, -0.05) is 36.4 Å². The number of aryl methyl sites for hydroxylation is 1. The van der Waals surface area contributed by atoms with E-state index in [1.165, 1.54) is 58.8 Å². The number of carbonyl (C=O) groups excluding carboxylic acids is 1. The highest BCUT2D eigenvalue weighted by atomic mass is 16.5. The summed E-state index contributed by atoms with van der Waals surface area (Å²) in [6.45, 7) is 1.92. The number of aromatic nitrogens is 3. The van der Waals surface area contributed by atoms with Gasteiger partial charge in [0.1, 0.15) is 11.3 Å². The Morgan fingerprint density at radius 1 is 1.04 bits per heavy atom. The van der Waals surface area contributed by atoms with Crippen molar-refractivity contribution in [2.24, 2.45) is 36.1 Å². The molecule has 45 heavy (non-hydrogen) atoms. The van der Waals surface area contributed by atoms with Crippen molar-refractivity contribution in [2.45, 2.75) is 44.7 Å². The van der Waals surface area contributed by atoms with Crippen molar-refractivity contribution in [3.63, 3.8) is 0 Å². The van der Waals surface area contributed by atoms with E-state index in [1.54, 1.807) is 7.11 Å². The van der Waals surface area contributed by atoms with Gasteiger partial charge in [-0.25, -0.2) is 4.98 Å². The molecule has 5 aliphatic carbocycles. The maximum Gasteiger partial charge on any atom is 0.254 e. The Hall–Kier alpha value is -4.32. The summed E-state index contributed by atoms with van der Waals surface area (Å²) in [5.74, 6) is 5.05. The van der Waals surface area contributed by atoms with Crippen LogP contribution in [0.2, 0.25) is 0 Å². The van der Waals surface area contributed by atoms with Gasteiger partial charge >= 0.3 is 0 Å². The predicted molar refractivity (Wildman–Crippen MR) is 176 cm³/mol. The quantitative estimate of drug-likeness (QED) is 0.210. The second-order valence-corrected chi connectivity index (χ2v) is 14.8. The van der Waals surface area contributed by atoms with E-state index in [-0.39, 0.29) is 5.91 Å². The maximum absolute atomic E-state index is 14.0. The Labute approximate surface area is 262 Å². The summed E-state index contributed by atoms with van der Waals surface area (Å²) in [6.07, 6.45) is 8.42. The molecular formula is C39H36N4O2. The lowest BCUT2D eigenvalue weighted by molar-refractivity contribution is 0.0585. The first kappa shape index (κ1) is 24.9. The summed E-state index contributed by atoms with van der Waals surface area (Å²) in [5, 5.41) is 1.25. The minimum atomic E-state index is 0.152. The van der Waals surface area contributed by atoms with Crippen LogP contribution in [0.25, 0.3) is 45.1 Å². The number of likely N-dealkylation sites (tertiary alicyclic amines) is 1. The molecule has 3 aromatic carbocycles. The third-order valence-corrected chi connectivity index (χ3v) is 12.8. The fourth-order valence-corrected chi connectivity index (χ4v) is 10.4. The van der Waals surface area contributed by atoms with Crippen LogP contribution < -0.4 is 4.74 Å². The van der Waals surface area contributed by atoms with Gasteiger partial charge in [0.05, 0.1) is 18.3 Å². The zero-order valence-corrected chi connectivity index (χ0v) is 25.8. The van der Waals surface area contributed by atoms with Gasteiger partial charge in [-0.3, -0.25) is 4.79 Å². The zero-order valence-electron chi connectivity index (χ0n) is 25.8. The minimum absolute atomic E-state index is 0.152. The zero-order chi connectivity index (χ0) is 29.8. The Kier molecular flexibility index (Phi) is 4.59. The normalized spacial score (nSPS) is 28.4. The fraction of sp³-hybridized carbons (Fsp3) is 0.385. The molecule has 1 saturated heterocycles. The first-order chi connectivity index (χ1) is 22.0. The summed E-state index contributed by atoms with van der Waals surface area (Å²) in [5.41, 5.74) is 10.7. The van der Waals surface area contributed by atoms with E-state index in [9.17, 15) is 4.79 Å². The SMILES string of the molecule is COc1cc(C(=O)N2C[C@H]3CC4C5CC2C543)cc2nc(-c3cc4cc(C5=Cc6ccccc6C5)ccc4n3CC3CC3)n(C)c12. The largest absolute Gasteiger partial charge is 0.494 e. The van der Waals surface area contributed by atoms with E-state index in [0.717, 1.165) is 59.8 Å². The average Bonchev–Trinajstić information content (AvgIpc) is 3.61. The molecular weight excluding hydrogens is 556 g/mol. The minimum Gasteiger partial charge on any atom is -0.494 e. The summed E-state index contributed by atoms with van der Waals surface area (Å²) >= 11 is 0. The first-order valence-electron chi connectivity index (χ1n) is 16.8. The van der Waals surface area contributed by atoms with Gasteiger partial charge in [-0.2, -0.15) is 0 Å². The van der Waals surface area contributed by atoms with Gasteiger partial charge in [0, 0.05) is 48.1 Å². The summed E-state index contributed by atoms with van der Waals surface area (Å²) in [4.78, 5) is 21.4. The molecule has 0 bridgehead atoms. The summed E-state index contributed by atoms with van der Waals surface area (Å²) < 4.78 is 10.6. The van der Waals surface area contributed by atoms with Crippen LogP contribution in [0.1, 0.15) is 52.7 Å². The lowest BCUT2D eigenvalue weighted by Gasteiger charge is -2.39. The molecule has 1 amide bonds. The van der Waals surface area contributed by atoms with E-state index in [1.807, 2.05) is 12.1 Å². The van der Waals surface area contributed by atoms with Crippen molar-refractivity contribution in [3.05, 3.63) is 82.9 Å². The number of hydrogen-bond donors (Lipinski definition) is 0. The standard InChI is InChI=1S/C39H36N4O2/c1-41-36-31(14-27(16-34(36)45-2)38(44)43-20-28-17-29-30-18-35(43)39(28,29)30)40-37(41)33-15-26-13-24(9-10-32(26)42(33)19-21-7-8-21)25-11-22-5-3-4-6-23(22)12-25/h3-6,9-11,13-16,21,28-30,35H,7-8,12,17-20H2,1-2H3/t28-,29?,30?,35?,39?/m1/s1. The van der Waals surface area contributed by atoms with Crippen molar-refractivity contribution in [1.82, 2.24) is 19.0 Å². The van der Waals surface area contributed by atoms with Crippen LogP contribution >= 0.6 is 0 Å². The topological polar surface area (TPSA) is 52.3 Å². The number of methoxy groups -OCH3 is 1. The lowest BCUT2D eigenvalue weighted by Crippen LogP contribution is -2.45.